The Hall–Kier alpha value is -3.43. The number of pyridine rings is 1. The van der Waals surface area contributed by atoms with Crippen molar-refractivity contribution in [3.8, 4) is 0 Å². The zero-order chi connectivity index (χ0) is 23.9. The molecule has 0 saturated carbocycles. The van der Waals surface area contributed by atoms with Crippen molar-refractivity contribution in [3.63, 3.8) is 0 Å². The molecule has 0 spiro atoms. The molecule has 2 aliphatic heterocycles. The van der Waals surface area contributed by atoms with E-state index in [1.54, 1.807) is 25.5 Å². The topological polar surface area (TPSA) is 126 Å². The van der Waals surface area contributed by atoms with E-state index in [0.717, 1.165) is 25.3 Å². The van der Waals surface area contributed by atoms with E-state index in [-0.39, 0.29) is 16.4 Å². The maximum atomic E-state index is 12.8. The highest BCUT2D eigenvalue weighted by molar-refractivity contribution is 6.42. The maximum absolute atomic E-state index is 12.8. The predicted molar refractivity (Wildman–Crippen MR) is 138 cm³/mol. The highest BCUT2D eigenvalue weighted by atomic mass is 16.5. The summed E-state index contributed by atoms with van der Waals surface area (Å²) in [5.74, 6) is 0.490. The molecular formula is C24H33N8O2+. The van der Waals surface area contributed by atoms with Crippen LogP contribution in [0.1, 0.15) is 38.2 Å². The van der Waals surface area contributed by atoms with Gasteiger partial charge in [0, 0.05) is 48.7 Å². The number of nitrogens with one attached hydrogen (secondary N) is 5. The van der Waals surface area contributed by atoms with E-state index in [9.17, 15) is 10.0 Å². The van der Waals surface area contributed by atoms with Crippen LogP contribution in [0.5, 0.6) is 0 Å². The molecule has 180 valence electrons. The third-order valence-corrected chi connectivity index (χ3v) is 6.13. The Labute approximate surface area is 199 Å². The van der Waals surface area contributed by atoms with E-state index in [0.29, 0.717) is 29.0 Å². The summed E-state index contributed by atoms with van der Waals surface area (Å²) in [6.45, 7) is 5.25. The van der Waals surface area contributed by atoms with Crippen LogP contribution in [-0.2, 0) is 0 Å². The Morgan fingerprint density at radius 2 is 2.15 bits per heavy atom. The minimum absolute atomic E-state index is 0.165. The fourth-order valence-corrected chi connectivity index (χ4v) is 4.24. The molecule has 2 unspecified atom stereocenters. The number of benzene rings is 1. The lowest BCUT2D eigenvalue weighted by Crippen LogP contribution is -3.05. The number of anilines is 2. The number of guanidine groups is 1. The molecule has 3 heterocycles. The number of unbranched alkanes of at least 4 members (excludes halogenated alkanes) is 1. The van der Waals surface area contributed by atoms with Crippen molar-refractivity contribution in [1.82, 2.24) is 20.3 Å². The predicted octanol–water partition coefficient (Wildman–Crippen LogP) is 0.291. The monoisotopic (exact) mass is 465 g/mol. The summed E-state index contributed by atoms with van der Waals surface area (Å²) in [4.78, 5) is 21.7. The van der Waals surface area contributed by atoms with Crippen LogP contribution in [0.15, 0.2) is 46.3 Å². The minimum Gasteiger partial charge on any atom is -0.603 e. The average molecular weight is 466 g/mol. The Morgan fingerprint density at radius 3 is 2.88 bits per heavy atom. The van der Waals surface area contributed by atoms with E-state index in [1.165, 1.54) is 25.7 Å². The molecule has 1 saturated heterocycles. The van der Waals surface area contributed by atoms with Gasteiger partial charge in [0.15, 0.2) is 17.1 Å². The lowest BCUT2D eigenvalue weighted by atomic mass is 10.2. The van der Waals surface area contributed by atoms with Gasteiger partial charge in [-0.3, -0.25) is 10.1 Å². The van der Waals surface area contributed by atoms with Gasteiger partial charge in [-0.25, -0.2) is 15.3 Å². The third kappa shape index (κ3) is 5.55. The largest absolute Gasteiger partial charge is 0.603 e. The molecule has 10 nitrogen and oxygen atoms in total. The number of aromatic amines is 1. The summed E-state index contributed by atoms with van der Waals surface area (Å²) in [5, 5.41) is 18.9. The Balaban J connectivity index is 1.41. The highest BCUT2D eigenvalue weighted by Crippen LogP contribution is 2.26. The number of hydrogen-bond donors (Lipinski definition) is 5. The molecule has 10 heteroatoms. The van der Waals surface area contributed by atoms with Crippen molar-refractivity contribution in [1.29, 1.82) is 0 Å². The zero-order valence-electron chi connectivity index (χ0n) is 19.7. The average Bonchev–Trinajstić information content (AvgIpc) is 3.53. The van der Waals surface area contributed by atoms with Gasteiger partial charge in [0.2, 0.25) is 6.21 Å². The van der Waals surface area contributed by atoms with Crippen molar-refractivity contribution < 1.29 is 5.17 Å². The van der Waals surface area contributed by atoms with Gasteiger partial charge in [0.1, 0.15) is 0 Å². The molecule has 0 bridgehead atoms. The molecule has 34 heavy (non-hydrogen) atoms. The van der Waals surface area contributed by atoms with Crippen LogP contribution >= 0.6 is 0 Å². The van der Waals surface area contributed by atoms with Crippen LogP contribution in [0.3, 0.4) is 0 Å². The van der Waals surface area contributed by atoms with Crippen LogP contribution in [0.2, 0.25) is 0 Å². The summed E-state index contributed by atoms with van der Waals surface area (Å²) in [6.07, 6.45) is 7.89. The van der Waals surface area contributed by atoms with Gasteiger partial charge >= 0.3 is 5.96 Å². The van der Waals surface area contributed by atoms with Crippen molar-refractivity contribution in [3.05, 3.63) is 57.7 Å². The molecule has 0 radical (unpaired) electrons. The van der Waals surface area contributed by atoms with Crippen molar-refractivity contribution in [2.75, 3.05) is 37.0 Å². The Bertz CT molecular complexity index is 1130. The molecule has 1 aromatic carbocycles. The highest BCUT2D eigenvalue weighted by Gasteiger charge is 2.24. The molecular weight excluding hydrogens is 432 g/mol. The second-order valence-corrected chi connectivity index (χ2v) is 8.51. The van der Waals surface area contributed by atoms with Gasteiger partial charge in [0.25, 0.3) is 5.56 Å². The molecule has 2 aliphatic rings. The number of nitrogens with zero attached hydrogens (tertiary/aromatic N) is 3. The summed E-state index contributed by atoms with van der Waals surface area (Å²) in [6, 6.07) is 9.67. The summed E-state index contributed by atoms with van der Waals surface area (Å²) in [7, 11) is 1.73. The second kappa shape index (κ2) is 11.1. The molecule has 2 aromatic rings. The van der Waals surface area contributed by atoms with Crippen LogP contribution in [0.25, 0.3) is 0 Å². The van der Waals surface area contributed by atoms with Crippen LogP contribution in [0, 0.1) is 5.21 Å². The number of hydrogen-bond acceptors (Lipinski definition) is 7. The number of aliphatic imine (C=N–C) groups is 1. The number of aromatic nitrogens is 1. The summed E-state index contributed by atoms with van der Waals surface area (Å²) < 4.78 is 4.13. The standard InChI is InChI=1S/C24H32N8O2/c1-3-4-11-26-15-20-6-5-12-31(20)18-7-9-19(10-8-18)32(34)30-21-13-17(14-27-23(21)33)22-16-28-24(25-2)29-22/h7-10,13-14,16,20,26,32H,3-6,11-12,15H2,1-2H3,(H2,25,27,28,29,30,33)/p+1. The summed E-state index contributed by atoms with van der Waals surface area (Å²) >= 11 is 0. The quantitative estimate of drug-likeness (QED) is 0.195. The van der Waals surface area contributed by atoms with E-state index in [2.05, 4.69) is 42.5 Å². The minimum atomic E-state index is -0.377. The Kier molecular flexibility index (Phi) is 7.76. The number of rotatable bonds is 10. The number of quaternary nitrogens is 1. The van der Waals surface area contributed by atoms with Gasteiger partial charge in [-0.15, -0.1) is 0 Å². The van der Waals surface area contributed by atoms with Gasteiger partial charge < -0.3 is 20.4 Å². The normalized spacial score (nSPS) is 18.1. The number of H-pyrrole nitrogens is 1. The van der Waals surface area contributed by atoms with Crippen LogP contribution < -0.4 is 36.4 Å². The van der Waals surface area contributed by atoms with Gasteiger partial charge in [-0.05, 0) is 44.0 Å². The first-order valence-electron chi connectivity index (χ1n) is 11.9. The van der Waals surface area contributed by atoms with E-state index < -0.39 is 0 Å². The van der Waals surface area contributed by atoms with Crippen molar-refractivity contribution in [2.45, 2.75) is 38.6 Å². The molecule has 0 amide bonds. The zero-order valence-corrected chi connectivity index (χ0v) is 19.7. The van der Waals surface area contributed by atoms with Crippen LogP contribution in [-0.4, -0.2) is 55.6 Å². The van der Waals surface area contributed by atoms with Crippen LogP contribution in [0.4, 0.5) is 17.1 Å². The maximum Gasteiger partial charge on any atom is 0.480 e. The molecule has 4 rings (SSSR count). The molecule has 1 fully saturated rings. The molecule has 2 atom stereocenters. The second-order valence-electron chi connectivity index (χ2n) is 8.51. The smallest absolute Gasteiger partial charge is 0.480 e. The first-order valence-corrected chi connectivity index (χ1v) is 11.9. The molecule has 5 N–H and O–H groups in total. The van der Waals surface area contributed by atoms with Gasteiger partial charge in [-0.1, -0.05) is 18.3 Å². The van der Waals surface area contributed by atoms with E-state index >= 15 is 0 Å². The first-order chi connectivity index (χ1) is 16.6. The fourth-order valence-electron chi connectivity index (χ4n) is 4.24. The fraction of sp³-hybridized carbons (Fsp3) is 0.417. The lowest BCUT2D eigenvalue weighted by Gasteiger charge is -2.28. The first kappa shape index (κ1) is 23.7. The third-order valence-electron chi connectivity index (χ3n) is 6.13. The van der Waals surface area contributed by atoms with E-state index in [4.69, 9.17) is 0 Å². The van der Waals surface area contributed by atoms with Crippen molar-refractivity contribution in [2.24, 2.45) is 4.99 Å². The van der Waals surface area contributed by atoms with Gasteiger partial charge in [-0.2, -0.15) is 0 Å². The molecule has 1 aromatic heterocycles. The summed E-state index contributed by atoms with van der Waals surface area (Å²) in [5.41, 5.74) is 5.39. The molecule has 0 aliphatic carbocycles. The Morgan fingerprint density at radius 1 is 1.32 bits per heavy atom. The van der Waals surface area contributed by atoms with Gasteiger partial charge in [0.05, 0.1) is 7.05 Å². The lowest BCUT2D eigenvalue weighted by molar-refractivity contribution is -0.749. The van der Waals surface area contributed by atoms with E-state index in [1.807, 2.05) is 24.3 Å². The van der Waals surface area contributed by atoms with Crippen molar-refractivity contribution >= 4 is 34.9 Å². The SMILES string of the molecule is CCCCNCC1CCCN1c1ccc([NH+]([O-])Nc2cc(C3=NC(NC)=[N+]=C3)c[nH]c2=O)cc1.